The Morgan fingerprint density at radius 2 is 2.20 bits per heavy atom. The summed E-state index contributed by atoms with van der Waals surface area (Å²) in [6.07, 6.45) is 1.50. The van der Waals surface area contributed by atoms with Crippen LogP contribution in [0.2, 0.25) is 5.15 Å². The number of pyridine rings is 1. The number of furan rings is 1. The van der Waals surface area contributed by atoms with Crippen molar-refractivity contribution in [2.75, 3.05) is 11.9 Å². The lowest BCUT2D eigenvalue weighted by Crippen LogP contribution is -2.21. The molecule has 0 radical (unpaired) electrons. The van der Waals surface area contributed by atoms with Crippen LogP contribution in [0.3, 0.4) is 0 Å². The van der Waals surface area contributed by atoms with Gasteiger partial charge in [0.25, 0.3) is 5.91 Å². The van der Waals surface area contributed by atoms with Gasteiger partial charge in [-0.15, -0.1) is 0 Å². The first-order valence-electron chi connectivity index (χ1n) is 5.70. The minimum Gasteiger partial charge on any atom is -0.454 e. The maximum Gasteiger partial charge on any atom is 0.374 e. The van der Waals surface area contributed by atoms with E-state index in [0.29, 0.717) is 11.4 Å². The van der Waals surface area contributed by atoms with Crippen LogP contribution in [0.15, 0.2) is 34.9 Å². The summed E-state index contributed by atoms with van der Waals surface area (Å²) in [5, 5.41) is 2.64. The van der Waals surface area contributed by atoms with Crippen molar-refractivity contribution in [1.29, 1.82) is 0 Å². The van der Waals surface area contributed by atoms with Crippen molar-refractivity contribution >= 4 is 29.2 Å². The molecule has 0 aliphatic heterocycles. The second-order valence-electron chi connectivity index (χ2n) is 3.88. The summed E-state index contributed by atoms with van der Waals surface area (Å²) in [5.41, 5.74) is 0.351. The molecule has 0 spiro atoms. The molecule has 0 bridgehead atoms. The highest BCUT2D eigenvalue weighted by molar-refractivity contribution is 6.32. The number of amides is 1. The number of nitrogens with one attached hydrogen (secondary N) is 1. The second kappa shape index (κ2) is 6.21. The molecule has 7 heteroatoms. The van der Waals surface area contributed by atoms with Crippen molar-refractivity contribution in [2.45, 2.75) is 6.92 Å². The molecule has 20 heavy (non-hydrogen) atoms. The highest BCUT2D eigenvalue weighted by atomic mass is 35.5. The van der Waals surface area contributed by atoms with Gasteiger partial charge in [-0.25, -0.2) is 9.78 Å². The van der Waals surface area contributed by atoms with Crippen molar-refractivity contribution in [1.82, 2.24) is 4.98 Å². The van der Waals surface area contributed by atoms with Crippen LogP contribution >= 0.6 is 11.6 Å². The smallest absolute Gasteiger partial charge is 0.374 e. The van der Waals surface area contributed by atoms with Crippen molar-refractivity contribution in [3.8, 4) is 0 Å². The zero-order valence-electron chi connectivity index (χ0n) is 10.6. The van der Waals surface area contributed by atoms with E-state index in [9.17, 15) is 9.59 Å². The third-order valence-electron chi connectivity index (χ3n) is 2.31. The van der Waals surface area contributed by atoms with Crippen LogP contribution in [0.5, 0.6) is 0 Å². The predicted octanol–water partition coefficient (Wildman–Crippen LogP) is 2.43. The summed E-state index contributed by atoms with van der Waals surface area (Å²) in [6, 6.07) is 6.32. The molecule has 0 fully saturated rings. The van der Waals surface area contributed by atoms with Gasteiger partial charge < -0.3 is 14.5 Å². The first-order valence-corrected chi connectivity index (χ1v) is 6.08. The van der Waals surface area contributed by atoms with Crippen molar-refractivity contribution in [3.05, 3.63) is 47.1 Å². The van der Waals surface area contributed by atoms with Crippen LogP contribution in [0.1, 0.15) is 16.3 Å². The Kier molecular flexibility index (Phi) is 4.37. The van der Waals surface area contributed by atoms with Crippen LogP contribution in [-0.2, 0) is 9.53 Å². The Labute approximate surface area is 119 Å². The van der Waals surface area contributed by atoms with Gasteiger partial charge in [-0.3, -0.25) is 4.79 Å². The summed E-state index contributed by atoms with van der Waals surface area (Å²) in [6.45, 7) is 1.26. The highest BCUT2D eigenvalue weighted by Crippen LogP contribution is 2.17. The molecule has 2 rings (SSSR count). The monoisotopic (exact) mass is 294 g/mol. The molecule has 1 amide bonds. The van der Waals surface area contributed by atoms with Gasteiger partial charge in [0, 0.05) is 6.20 Å². The van der Waals surface area contributed by atoms with Crippen LogP contribution < -0.4 is 5.32 Å². The number of ether oxygens (including phenoxy) is 1. The molecule has 1 N–H and O–H groups in total. The number of anilines is 1. The maximum absolute atomic E-state index is 11.6. The number of nitrogens with zero attached hydrogens (tertiary/aromatic N) is 1. The minimum absolute atomic E-state index is 0.0507. The Morgan fingerprint density at radius 3 is 2.85 bits per heavy atom. The van der Waals surface area contributed by atoms with E-state index in [1.807, 2.05) is 0 Å². The predicted molar refractivity (Wildman–Crippen MR) is 71.6 cm³/mol. The quantitative estimate of drug-likeness (QED) is 0.692. The summed E-state index contributed by atoms with van der Waals surface area (Å²) in [4.78, 5) is 27.0. The lowest BCUT2D eigenvalue weighted by Gasteiger charge is -2.06. The zero-order valence-corrected chi connectivity index (χ0v) is 11.3. The van der Waals surface area contributed by atoms with Gasteiger partial charge in [0.1, 0.15) is 5.76 Å². The van der Waals surface area contributed by atoms with Gasteiger partial charge in [-0.1, -0.05) is 11.6 Å². The molecule has 2 aromatic rings. The first-order chi connectivity index (χ1) is 9.56. The standard InChI is InChI=1S/C13H11ClN2O4/c1-8-4-5-10(20-8)13(18)19-7-11(17)16-9-3-2-6-15-12(9)14/h2-6H,7H2,1H3,(H,16,17). The molecular weight excluding hydrogens is 284 g/mol. The summed E-state index contributed by atoms with van der Waals surface area (Å²) in [7, 11) is 0. The van der Waals surface area contributed by atoms with Crippen LogP contribution in [0.4, 0.5) is 5.69 Å². The third-order valence-corrected chi connectivity index (χ3v) is 2.61. The average molecular weight is 295 g/mol. The number of esters is 1. The summed E-state index contributed by atoms with van der Waals surface area (Å²) < 4.78 is 9.88. The Hall–Kier alpha value is -2.34. The number of hydrogen-bond donors (Lipinski definition) is 1. The molecule has 0 unspecified atom stereocenters. The van der Waals surface area contributed by atoms with Crippen molar-refractivity contribution in [3.63, 3.8) is 0 Å². The van der Waals surface area contributed by atoms with Gasteiger partial charge in [0.2, 0.25) is 5.76 Å². The van der Waals surface area contributed by atoms with Crippen LogP contribution in [-0.4, -0.2) is 23.5 Å². The number of halogens is 1. The molecule has 0 aromatic carbocycles. The maximum atomic E-state index is 11.6. The molecule has 6 nitrogen and oxygen atoms in total. The molecule has 104 valence electrons. The van der Waals surface area contributed by atoms with E-state index in [0.717, 1.165) is 0 Å². The van der Waals surface area contributed by atoms with E-state index in [2.05, 4.69) is 10.3 Å². The summed E-state index contributed by atoms with van der Waals surface area (Å²) in [5.74, 6) is -0.583. The highest BCUT2D eigenvalue weighted by Gasteiger charge is 2.14. The number of aryl methyl sites for hydroxylation is 1. The number of carbonyl (C=O) groups is 2. The fourth-order valence-electron chi connectivity index (χ4n) is 1.41. The minimum atomic E-state index is -0.703. The number of aromatic nitrogens is 1. The summed E-state index contributed by atoms with van der Waals surface area (Å²) >= 11 is 5.78. The third kappa shape index (κ3) is 3.58. The fraction of sp³-hybridized carbons (Fsp3) is 0.154. The number of carbonyl (C=O) groups excluding carboxylic acids is 2. The molecule has 0 aliphatic rings. The molecule has 0 atom stereocenters. The van der Waals surface area contributed by atoms with E-state index in [1.54, 1.807) is 25.1 Å². The zero-order chi connectivity index (χ0) is 14.5. The Bertz CT molecular complexity index is 639. The molecule has 2 aromatic heterocycles. The van der Waals surface area contributed by atoms with E-state index >= 15 is 0 Å². The Morgan fingerprint density at radius 1 is 1.40 bits per heavy atom. The van der Waals surface area contributed by atoms with E-state index in [4.69, 9.17) is 20.8 Å². The first kappa shape index (κ1) is 14.1. The SMILES string of the molecule is Cc1ccc(C(=O)OCC(=O)Nc2cccnc2Cl)o1. The largest absolute Gasteiger partial charge is 0.454 e. The van der Waals surface area contributed by atoms with Crippen LogP contribution in [0.25, 0.3) is 0 Å². The van der Waals surface area contributed by atoms with E-state index in [1.165, 1.54) is 12.3 Å². The molecular formula is C13H11ClN2O4. The van der Waals surface area contributed by atoms with Gasteiger partial charge in [0.15, 0.2) is 11.8 Å². The van der Waals surface area contributed by atoms with Gasteiger partial charge in [-0.05, 0) is 31.2 Å². The lowest BCUT2D eigenvalue weighted by molar-refractivity contribution is -0.119. The average Bonchev–Trinajstić information content (AvgIpc) is 2.85. The van der Waals surface area contributed by atoms with Crippen molar-refractivity contribution < 1.29 is 18.7 Å². The molecule has 0 aliphatic carbocycles. The lowest BCUT2D eigenvalue weighted by atomic mass is 10.4. The van der Waals surface area contributed by atoms with E-state index in [-0.39, 0.29) is 10.9 Å². The van der Waals surface area contributed by atoms with Gasteiger partial charge >= 0.3 is 5.97 Å². The Balaban J connectivity index is 1.87. The normalized spacial score (nSPS) is 10.1. The fourth-order valence-corrected chi connectivity index (χ4v) is 1.58. The van der Waals surface area contributed by atoms with Crippen LogP contribution in [0, 0.1) is 6.92 Å². The molecule has 0 saturated heterocycles. The van der Waals surface area contributed by atoms with Gasteiger partial charge in [-0.2, -0.15) is 0 Å². The molecule has 2 heterocycles. The van der Waals surface area contributed by atoms with Gasteiger partial charge in [0.05, 0.1) is 5.69 Å². The number of rotatable bonds is 4. The molecule has 0 saturated carbocycles. The van der Waals surface area contributed by atoms with Crippen molar-refractivity contribution in [2.24, 2.45) is 0 Å². The second-order valence-corrected chi connectivity index (χ2v) is 4.23. The number of hydrogen-bond acceptors (Lipinski definition) is 5. The van der Waals surface area contributed by atoms with E-state index < -0.39 is 18.5 Å². The topological polar surface area (TPSA) is 81.4 Å².